The molecular weight excluding hydrogens is 324 g/mol. The van der Waals surface area contributed by atoms with Crippen LogP contribution in [0.3, 0.4) is 0 Å². The minimum absolute atomic E-state index is 0.0374. The summed E-state index contributed by atoms with van der Waals surface area (Å²) in [5, 5.41) is 14.9. The molecule has 7 heteroatoms. The topological polar surface area (TPSA) is 71.3 Å². The molecule has 1 saturated heterocycles. The summed E-state index contributed by atoms with van der Waals surface area (Å²) in [6, 6.07) is 1.94. The van der Waals surface area contributed by atoms with Crippen LogP contribution in [0.4, 0.5) is 0 Å². The summed E-state index contributed by atoms with van der Waals surface area (Å²) < 4.78 is 5.59. The van der Waals surface area contributed by atoms with E-state index in [1.54, 1.807) is 11.3 Å². The molecule has 1 fully saturated rings. The maximum atomic E-state index is 11.9. The average Bonchev–Trinajstić information content (AvgIpc) is 3.24. The van der Waals surface area contributed by atoms with Gasteiger partial charge in [0.15, 0.2) is 0 Å². The number of hydrogen-bond donors (Lipinski definition) is 1. The maximum absolute atomic E-state index is 11.9. The van der Waals surface area contributed by atoms with Crippen molar-refractivity contribution in [1.29, 1.82) is 0 Å². The summed E-state index contributed by atoms with van der Waals surface area (Å²) in [4.78, 5) is 14.4. The summed E-state index contributed by atoms with van der Waals surface area (Å²) >= 11 is 1.59. The second-order valence-corrected chi connectivity index (χ2v) is 7.19. The molecule has 1 N–H and O–H groups in total. The molecule has 0 spiro atoms. The van der Waals surface area contributed by atoms with Crippen LogP contribution < -0.4 is 5.32 Å². The van der Waals surface area contributed by atoms with Gasteiger partial charge in [-0.3, -0.25) is 4.79 Å². The van der Waals surface area contributed by atoms with Crippen LogP contribution in [0.5, 0.6) is 0 Å². The molecule has 0 radical (unpaired) electrons. The fourth-order valence-electron chi connectivity index (χ4n) is 3.01. The number of aromatic nitrogens is 2. The molecule has 2 aromatic rings. The van der Waals surface area contributed by atoms with Gasteiger partial charge in [0, 0.05) is 43.4 Å². The molecule has 6 nitrogen and oxygen atoms in total. The van der Waals surface area contributed by atoms with Crippen molar-refractivity contribution in [3.63, 3.8) is 0 Å². The molecule has 1 aliphatic heterocycles. The molecule has 0 aliphatic carbocycles. The van der Waals surface area contributed by atoms with Crippen molar-refractivity contribution in [3.05, 3.63) is 22.7 Å². The van der Waals surface area contributed by atoms with E-state index in [1.807, 2.05) is 16.8 Å². The Balaban J connectivity index is 1.35. The van der Waals surface area contributed by atoms with Crippen LogP contribution in [0.1, 0.15) is 32.1 Å². The number of nitrogens with one attached hydrogen (secondary N) is 1. The number of carbonyl (C=O) groups is 1. The molecular formula is C17H24N4O2S. The molecule has 1 amide bonds. The molecule has 24 heavy (non-hydrogen) atoms. The van der Waals surface area contributed by atoms with Crippen LogP contribution in [0.2, 0.25) is 0 Å². The fraction of sp³-hybridized carbons (Fsp3) is 0.588. The van der Waals surface area contributed by atoms with E-state index in [9.17, 15) is 4.79 Å². The molecule has 0 aromatic carbocycles. The summed E-state index contributed by atoms with van der Waals surface area (Å²) in [6.07, 6.45) is 3.44. The van der Waals surface area contributed by atoms with E-state index in [0.717, 1.165) is 31.1 Å². The summed E-state index contributed by atoms with van der Waals surface area (Å²) in [5.74, 6) is 1.84. The highest BCUT2D eigenvalue weighted by Crippen LogP contribution is 2.20. The van der Waals surface area contributed by atoms with E-state index in [4.69, 9.17) is 4.42 Å². The third-order valence-electron chi connectivity index (χ3n) is 4.29. The van der Waals surface area contributed by atoms with Crippen molar-refractivity contribution >= 4 is 17.2 Å². The van der Waals surface area contributed by atoms with E-state index in [0.29, 0.717) is 31.2 Å². The number of rotatable bonds is 7. The number of piperidine rings is 1. The van der Waals surface area contributed by atoms with Crippen LogP contribution >= 0.6 is 11.3 Å². The van der Waals surface area contributed by atoms with Crippen LogP contribution in [-0.4, -0.2) is 47.2 Å². The number of thiophene rings is 1. The Morgan fingerprint density at radius 3 is 3.21 bits per heavy atom. The molecule has 1 aliphatic rings. The Bertz CT molecular complexity index is 641. The molecule has 0 bridgehead atoms. The normalized spacial score (nSPS) is 18.6. The quantitative estimate of drug-likeness (QED) is 0.833. The predicted molar refractivity (Wildman–Crippen MR) is 93.8 cm³/mol. The van der Waals surface area contributed by atoms with Crippen LogP contribution in [0.25, 0.3) is 11.5 Å². The zero-order chi connectivity index (χ0) is 16.8. The highest BCUT2D eigenvalue weighted by atomic mass is 32.1. The van der Waals surface area contributed by atoms with Crippen LogP contribution in [-0.2, 0) is 11.2 Å². The second-order valence-electron chi connectivity index (χ2n) is 6.41. The number of amides is 1. The number of hydrogen-bond acceptors (Lipinski definition) is 6. The second kappa shape index (κ2) is 8.39. The molecule has 130 valence electrons. The first-order valence-corrected chi connectivity index (χ1v) is 9.49. The number of nitrogens with zero attached hydrogens (tertiary/aromatic N) is 3. The lowest BCUT2D eigenvalue weighted by atomic mass is 10.0. The maximum Gasteiger partial charge on any atom is 0.248 e. The molecule has 2 aromatic heterocycles. The highest BCUT2D eigenvalue weighted by molar-refractivity contribution is 7.08. The molecule has 3 heterocycles. The van der Waals surface area contributed by atoms with Crippen molar-refractivity contribution in [2.45, 2.75) is 32.6 Å². The van der Waals surface area contributed by atoms with Gasteiger partial charge in [-0.2, -0.15) is 11.3 Å². The van der Waals surface area contributed by atoms with E-state index in [1.165, 1.54) is 12.8 Å². The molecule has 1 atom stereocenters. The van der Waals surface area contributed by atoms with Crippen molar-refractivity contribution in [2.24, 2.45) is 5.92 Å². The van der Waals surface area contributed by atoms with Crippen molar-refractivity contribution in [1.82, 2.24) is 20.4 Å². The Morgan fingerprint density at radius 1 is 1.50 bits per heavy atom. The minimum atomic E-state index is 0.0374. The van der Waals surface area contributed by atoms with Gasteiger partial charge in [-0.25, -0.2) is 0 Å². The Labute approximate surface area is 146 Å². The van der Waals surface area contributed by atoms with Gasteiger partial charge in [0.2, 0.25) is 17.7 Å². The standard InChI is InChI=1S/C17H24N4O2S/c1-13-3-2-8-21(11-13)9-7-18-15(22)4-5-16-19-20-17(23-16)14-6-10-24-12-14/h6,10,12-13H,2-5,7-9,11H2,1H3,(H,18,22). The first-order chi connectivity index (χ1) is 11.7. The lowest BCUT2D eigenvalue weighted by molar-refractivity contribution is -0.121. The van der Waals surface area contributed by atoms with Gasteiger partial charge in [0.1, 0.15) is 0 Å². The SMILES string of the molecule is CC1CCCN(CCNC(=O)CCc2nnc(-c3ccsc3)o2)C1. The predicted octanol–water partition coefficient (Wildman–Crippen LogP) is 2.58. The first kappa shape index (κ1) is 17.1. The minimum Gasteiger partial charge on any atom is -0.421 e. The third-order valence-corrected chi connectivity index (χ3v) is 4.98. The lowest BCUT2D eigenvalue weighted by Crippen LogP contribution is -2.40. The van der Waals surface area contributed by atoms with Gasteiger partial charge in [0.25, 0.3) is 0 Å². The van der Waals surface area contributed by atoms with Crippen molar-refractivity contribution in [3.8, 4) is 11.5 Å². The van der Waals surface area contributed by atoms with E-state index in [2.05, 4.69) is 27.3 Å². The van der Waals surface area contributed by atoms with Gasteiger partial charge >= 0.3 is 0 Å². The zero-order valence-electron chi connectivity index (χ0n) is 14.0. The molecule has 3 rings (SSSR count). The highest BCUT2D eigenvalue weighted by Gasteiger charge is 2.16. The zero-order valence-corrected chi connectivity index (χ0v) is 14.8. The van der Waals surface area contributed by atoms with Crippen LogP contribution in [0, 0.1) is 5.92 Å². The van der Waals surface area contributed by atoms with E-state index < -0.39 is 0 Å². The van der Waals surface area contributed by atoms with Crippen molar-refractivity contribution in [2.75, 3.05) is 26.2 Å². The van der Waals surface area contributed by atoms with E-state index >= 15 is 0 Å². The summed E-state index contributed by atoms with van der Waals surface area (Å²) in [5.41, 5.74) is 0.930. The number of carbonyl (C=O) groups excluding carboxylic acids is 1. The van der Waals surface area contributed by atoms with Crippen LogP contribution in [0.15, 0.2) is 21.2 Å². The summed E-state index contributed by atoms with van der Waals surface area (Å²) in [7, 11) is 0. The third kappa shape index (κ3) is 4.88. The fourth-order valence-corrected chi connectivity index (χ4v) is 3.64. The monoisotopic (exact) mass is 348 g/mol. The van der Waals surface area contributed by atoms with E-state index in [-0.39, 0.29) is 5.91 Å². The number of aryl methyl sites for hydroxylation is 1. The molecule has 0 saturated carbocycles. The average molecular weight is 348 g/mol. The first-order valence-electron chi connectivity index (χ1n) is 8.54. The van der Waals surface area contributed by atoms with Gasteiger partial charge < -0.3 is 14.6 Å². The van der Waals surface area contributed by atoms with Gasteiger partial charge in [-0.15, -0.1) is 10.2 Å². The summed E-state index contributed by atoms with van der Waals surface area (Å²) in [6.45, 7) is 6.21. The molecule has 1 unspecified atom stereocenters. The Morgan fingerprint density at radius 2 is 2.42 bits per heavy atom. The lowest BCUT2D eigenvalue weighted by Gasteiger charge is -2.30. The van der Waals surface area contributed by atoms with Gasteiger partial charge in [-0.05, 0) is 36.8 Å². The van der Waals surface area contributed by atoms with Gasteiger partial charge in [-0.1, -0.05) is 6.92 Å². The number of likely N-dealkylation sites (tertiary alicyclic amines) is 1. The Hall–Kier alpha value is -1.73. The Kier molecular flexibility index (Phi) is 5.98. The van der Waals surface area contributed by atoms with Crippen molar-refractivity contribution < 1.29 is 9.21 Å². The smallest absolute Gasteiger partial charge is 0.248 e. The van der Waals surface area contributed by atoms with Gasteiger partial charge in [0.05, 0.1) is 0 Å². The largest absolute Gasteiger partial charge is 0.421 e.